The van der Waals surface area contributed by atoms with Crippen molar-refractivity contribution in [3.63, 3.8) is 0 Å². The summed E-state index contributed by atoms with van der Waals surface area (Å²) < 4.78 is 0. The van der Waals surface area contributed by atoms with Crippen LogP contribution in [0.15, 0.2) is 24.5 Å². The van der Waals surface area contributed by atoms with E-state index in [-0.39, 0.29) is 13.2 Å². The molecule has 0 unspecified atom stereocenters. The molecule has 0 atom stereocenters. The molecule has 1 aromatic heterocycles. The van der Waals surface area contributed by atoms with Crippen LogP contribution in [0.3, 0.4) is 0 Å². The number of aliphatic hydroxyl groups excluding tert-OH is 1. The van der Waals surface area contributed by atoms with Crippen LogP contribution in [0, 0.1) is 0 Å². The maximum absolute atomic E-state index is 11.7. The lowest BCUT2D eigenvalue weighted by Gasteiger charge is -2.18. The first kappa shape index (κ1) is 13.1. The summed E-state index contributed by atoms with van der Waals surface area (Å²) in [5.41, 5.74) is 0.464. The Bertz CT molecular complexity index is 381. The van der Waals surface area contributed by atoms with Crippen LogP contribution in [-0.4, -0.2) is 46.5 Å². The standard InChI is InChI=1S/C11H15N3O3/c1-2-14(6-7-15)11(17)10(16)13-9-4-3-5-12-8-9/h3-5,8,15H,2,6-7H2,1H3,(H,13,16). The van der Waals surface area contributed by atoms with Crippen molar-refractivity contribution in [1.29, 1.82) is 0 Å². The molecule has 0 aliphatic rings. The number of anilines is 1. The number of nitrogens with zero attached hydrogens (tertiary/aromatic N) is 2. The van der Waals surface area contributed by atoms with Gasteiger partial charge in [0.05, 0.1) is 18.5 Å². The molecule has 0 saturated heterocycles. The van der Waals surface area contributed by atoms with Gasteiger partial charge in [-0.05, 0) is 19.1 Å². The fraction of sp³-hybridized carbons (Fsp3) is 0.364. The highest BCUT2D eigenvalue weighted by Crippen LogP contribution is 2.03. The lowest BCUT2D eigenvalue weighted by atomic mass is 10.4. The molecule has 0 aromatic carbocycles. The van der Waals surface area contributed by atoms with Crippen molar-refractivity contribution in [1.82, 2.24) is 9.88 Å². The molecule has 0 fully saturated rings. The minimum Gasteiger partial charge on any atom is -0.395 e. The number of rotatable bonds is 4. The third-order valence-electron chi connectivity index (χ3n) is 2.15. The summed E-state index contributed by atoms with van der Waals surface area (Å²) in [6, 6.07) is 3.30. The molecule has 0 bridgehead atoms. The lowest BCUT2D eigenvalue weighted by Crippen LogP contribution is -2.41. The van der Waals surface area contributed by atoms with Gasteiger partial charge in [0.25, 0.3) is 0 Å². The molecule has 0 aliphatic heterocycles. The molecule has 0 radical (unpaired) electrons. The molecule has 2 amide bonds. The molecular weight excluding hydrogens is 222 g/mol. The van der Waals surface area contributed by atoms with E-state index >= 15 is 0 Å². The van der Waals surface area contributed by atoms with Gasteiger partial charge in [-0.2, -0.15) is 0 Å². The van der Waals surface area contributed by atoms with Crippen molar-refractivity contribution in [2.75, 3.05) is 25.0 Å². The Kier molecular flexibility index (Phi) is 5.09. The first-order chi connectivity index (χ1) is 8.19. The predicted molar refractivity (Wildman–Crippen MR) is 62.2 cm³/mol. The molecule has 1 heterocycles. The van der Waals surface area contributed by atoms with Gasteiger partial charge >= 0.3 is 11.8 Å². The molecule has 0 aliphatic carbocycles. The Hall–Kier alpha value is -1.95. The van der Waals surface area contributed by atoms with Crippen LogP contribution in [-0.2, 0) is 9.59 Å². The second-order valence-corrected chi connectivity index (χ2v) is 3.30. The number of pyridine rings is 1. The van der Waals surface area contributed by atoms with E-state index in [1.165, 1.54) is 11.1 Å². The van der Waals surface area contributed by atoms with Gasteiger partial charge in [-0.1, -0.05) is 0 Å². The van der Waals surface area contributed by atoms with Gasteiger partial charge in [0, 0.05) is 19.3 Å². The van der Waals surface area contributed by atoms with Crippen LogP contribution < -0.4 is 5.32 Å². The normalized spacial score (nSPS) is 9.76. The fourth-order valence-electron chi connectivity index (χ4n) is 1.29. The summed E-state index contributed by atoms with van der Waals surface area (Å²) in [5.74, 6) is -1.39. The minimum atomic E-state index is -0.728. The third-order valence-corrected chi connectivity index (χ3v) is 2.15. The van der Waals surface area contributed by atoms with Crippen LogP contribution in [0.5, 0.6) is 0 Å². The zero-order valence-electron chi connectivity index (χ0n) is 9.59. The fourth-order valence-corrected chi connectivity index (χ4v) is 1.29. The van der Waals surface area contributed by atoms with Crippen molar-refractivity contribution >= 4 is 17.5 Å². The minimum absolute atomic E-state index is 0.149. The zero-order valence-corrected chi connectivity index (χ0v) is 9.59. The van der Waals surface area contributed by atoms with Crippen molar-refractivity contribution in [2.24, 2.45) is 0 Å². The SMILES string of the molecule is CCN(CCO)C(=O)C(=O)Nc1cccnc1. The Balaban J connectivity index is 2.61. The molecule has 1 aromatic rings. The predicted octanol–water partition coefficient (Wildman–Crippen LogP) is -0.139. The quantitative estimate of drug-likeness (QED) is 0.714. The smallest absolute Gasteiger partial charge is 0.313 e. The third kappa shape index (κ3) is 3.84. The topological polar surface area (TPSA) is 82.5 Å². The number of likely N-dealkylation sites (N-methyl/N-ethyl adjacent to an activating group) is 1. The second kappa shape index (κ2) is 6.59. The van der Waals surface area contributed by atoms with Gasteiger partial charge in [-0.15, -0.1) is 0 Å². The monoisotopic (exact) mass is 237 g/mol. The van der Waals surface area contributed by atoms with E-state index in [2.05, 4.69) is 10.3 Å². The Morgan fingerprint density at radius 1 is 1.53 bits per heavy atom. The zero-order chi connectivity index (χ0) is 12.7. The molecule has 1 rings (SSSR count). The average Bonchev–Trinajstić information content (AvgIpc) is 2.36. The van der Waals surface area contributed by atoms with Crippen LogP contribution in [0.4, 0.5) is 5.69 Å². The largest absolute Gasteiger partial charge is 0.395 e. The van der Waals surface area contributed by atoms with Gasteiger partial charge in [0.2, 0.25) is 0 Å². The maximum atomic E-state index is 11.7. The van der Waals surface area contributed by atoms with Gasteiger partial charge < -0.3 is 15.3 Å². The number of aliphatic hydroxyl groups is 1. The van der Waals surface area contributed by atoms with Crippen LogP contribution >= 0.6 is 0 Å². The molecule has 6 heteroatoms. The first-order valence-electron chi connectivity index (χ1n) is 5.30. The lowest BCUT2D eigenvalue weighted by molar-refractivity contribution is -0.143. The van der Waals surface area contributed by atoms with Gasteiger partial charge in [-0.25, -0.2) is 0 Å². The van der Waals surface area contributed by atoms with E-state index in [1.54, 1.807) is 25.3 Å². The summed E-state index contributed by atoms with van der Waals surface area (Å²) in [4.78, 5) is 28.3. The van der Waals surface area contributed by atoms with E-state index < -0.39 is 11.8 Å². The van der Waals surface area contributed by atoms with Crippen molar-refractivity contribution in [3.8, 4) is 0 Å². The summed E-state index contributed by atoms with van der Waals surface area (Å²) in [7, 11) is 0. The van der Waals surface area contributed by atoms with Crippen LogP contribution in [0.25, 0.3) is 0 Å². The highest BCUT2D eigenvalue weighted by molar-refractivity contribution is 6.39. The molecule has 92 valence electrons. The van der Waals surface area contributed by atoms with Gasteiger partial charge in [-0.3, -0.25) is 14.6 Å². The summed E-state index contributed by atoms with van der Waals surface area (Å²) in [6.07, 6.45) is 3.02. The summed E-state index contributed by atoms with van der Waals surface area (Å²) in [6.45, 7) is 2.10. The average molecular weight is 237 g/mol. The van der Waals surface area contributed by atoms with E-state index in [0.717, 1.165) is 0 Å². The second-order valence-electron chi connectivity index (χ2n) is 3.30. The molecule has 17 heavy (non-hydrogen) atoms. The van der Waals surface area contributed by atoms with Crippen molar-refractivity contribution in [2.45, 2.75) is 6.92 Å². The Labute approximate surface area is 99.3 Å². The maximum Gasteiger partial charge on any atom is 0.313 e. The molecule has 0 spiro atoms. The Morgan fingerprint density at radius 2 is 2.29 bits per heavy atom. The number of hydrogen-bond donors (Lipinski definition) is 2. The van der Waals surface area contributed by atoms with Crippen molar-refractivity contribution in [3.05, 3.63) is 24.5 Å². The summed E-state index contributed by atoms with van der Waals surface area (Å²) in [5, 5.41) is 11.2. The van der Waals surface area contributed by atoms with Crippen LogP contribution in [0.1, 0.15) is 6.92 Å². The Morgan fingerprint density at radius 3 is 2.82 bits per heavy atom. The number of hydrogen-bond acceptors (Lipinski definition) is 4. The molecule has 2 N–H and O–H groups in total. The van der Waals surface area contributed by atoms with Gasteiger partial charge in [0.15, 0.2) is 0 Å². The van der Waals surface area contributed by atoms with Crippen molar-refractivity contribution < 1.29 is 14.7 Å². The van der Waals surface area contributed by atoms with E-state index in [0.29, 0.717) is 12.2 Å². The molecule has 6 nitrogen and oxygen atoms in total. The number of aromatic nitrogens is 1. The molecular formula is C11H15N3O3. The van der Waals surface area contributed by atoms with Gasteiger partial charge in [0.1, 0.15) is 0 Å². The van der Waals surface area contributed by atoms with Crippen LogP contribution in [0.2, 0.25) is 0 Å². The highest BCUT2D eigenvalue weighted by atomic mass is 16.3. The molecule has 0 saturated carbocycles. The summed E-state index contributed by atoms with van der Waals surface area (Å²) >= 11 is 0. The number of nitrogens with one attached hydrogen (secondary N) is 1. The number of carbonyl (C=O) groups excluding carboxylic acids is 2. The highest BCUT2D eigenvalue weighted by Gasteiger charge is 2.19. The van der Waals surface area contributed by atoms with E-state index in [4.69, 9.17) is 5.11 Å². The number of carbonyl (C=O) groups is 2. The number of amides is 2. The van der Waals surface area contributed by atoms with E-state index in [1.807, 2.05) is 0 Å². The van der Waals surface area contributed by atoms with E-state index in [9.17, 15) is 9.59 Å². The first-order valence-corrected chi connectivity index (χ1v) is 5.30.